The quantitative estimate of drug-likeness (QED) is 0.0339. The number of carbonyl (C=O) groups excluding carboxylic acids is 2. The fraction of sp³-hybridized carbons (Fsp3) is 0.300. The normalized spacial score (nSPS) is 13.8. The third-order valence-corrected chi connectivity index (χ3v) is 15.5. The van der Waals surface area contributed by atoms with Crippen LogP contribution in [0.15, 0.2) is 86.5 Å². The van der Waals surface area contributed by atoms with Crippen LogP contribution in [0.2, 0.25) is 20.1 Å². The highest BCUT2D eigenvalue weighted by molar-refractivity contribution is 6.66. The number of allylic oxidation sites excluding steroid dienone is 1. The maximum atomic E-state index is 15.4. The summed E-state index contributed by atoms with van der Waals surface area (Å²) < 4.78 is 51.6. The van der Waals surface area contributed by atoms with Crippen LogP contribution in [0.1, 0.15) is 47.2 Å². The van der Waals surface area contributed by atoms with Gasteiger partial charge in [0.25, 0.3) is 0 Å². The number of likely N-dealkylation sites (N-methyl/N-ethyl adjacent to an activating group) is 2. The van der Waals surface area contributed by atoms with Crippen molar-refractivity contribution in [3.8, 4) is 23.0 Å². The first-order valence-electron chi connectivity index (χ1n) is 26.6. The average molecular weight is 1270 g/mol. The summed E-state index contributed by atoms with van der Waals surface area (Å²) in [5.74, 6) is -0.223. The third kappa shape index (κ3) is 16.9. The highest BCUT2D eigenvalue weighted by Gasteiger charge is 2.25. The number of piperazine rings is 2. The van der Waals surface area contributed by atoms with Crippen molar-refractivity contribution in [1.29, 1.82) is 0 Å². The number of methoxy groups -OCH3 is 4. The summed E-state index contributed by atoms with van der Waals surface area (Å²) in [5, 5.41) is 8.89. The Hall–Kier alpha value is -7.43. The number of rotatable bonds is 19. The number of amides is 1. The molecule has 0 spiro atoms. The number of carbonyl (C=O) groups is 2. The molecule has 5 N–H and O–H groups in total. The Bertz CT molecular complexity index is 3360. The fourth-order valence-corrected chi connectivity index (χ4v) is 10.5. The molecule has 6 aromatic rings. The van der Waals surface area contributed by atoms with Gasteiger partial charge in [-0.2, -0.15) is 0 Å². The lowest BCUT2D eigenvalue weighted by molar-refractivity contribution is -0.112. The van der Waals surface area contributed by atoms with Crippen LogP contribution in [0.5, 0.6) is 23.0 Å². The predicted octanol–water partition coefficient (Wildman–Crippen LogP) is 13.6. The van der Waals surface area contributed by atoms with E-state index < -0.39 is 16.9 Å². The molecular formula is C60H67Cl5F2N12O6. The largest absolute Gasteiger partial charge is 0.495 e. The fourth-order valence-electron chi connectivity index (χ4n) is 9.14. The van der Waals surface area contributed by atoms with Gasteiger partial charge in [0.1, 0.15) is 34.7 Å². The number of nitrogens with one attached hydrogen (secondary N) is 3. The van der Waals surface area contributed by atoms with Crippen LogP contribution < -0.4 is 50.4 Å². The van der Waals surface area contributed by atoms with Crippen LogP contribution in [-0.2, 0) is 9.59 Å². The maximum Gasteiger partial charge on any atom is 0.247 e. The molecule has 0 radical (unpaired) electrons. The molecule has 0 unspecified atom stereocenters. The van der Waals surface area contributed by atoms with E-state index in [4.69, 9.17) is 82.7 Å². The van der Waals surface area contributed by atoms with Crippen LogP contribution in [0, 0.1) is 13.8 Å². The number of ether oxygens (including phenoxy) is 4. The number of hydrogen-bond acceptors (Lipinski definition) is 17. The van der Waals surface area contributed by atoms with Crippen molar-refractivity contribution in [3.63, 3.8) is 0 Å². The molecule has 2 saturated heterocycles. The van der Waals surface area contributed by atoms with Crippen LogP contribution in [0.25, 0.3) is 23.8 Å². The van der Waals surface area contributed by atoms with Gasteiger partial charge in [-0.1, -0.05) is 73.4 Å². The summed E-state index contributed by atoms with van der Waals surface area (Å²) in [6, 6.07) is 10.8. The van der Waals surface area contributed by atoms with E-state index in [0.29, 0.717) is 34.1 Å². The Morgan fingerprint density at radius 1 is 0.600 bits per heavy atom. The number of nitrogens with two attached hydrogens (primary N) is 1. The van der Waals surface area contributed by atoms with E-state index in [-0.39, 0.29) is 66.1 Å². The molecule has 4 heterocycles. The van der Waals surface area contributed by atoms with E-state index in [1.807, 2.05) is 32.0 Å². The Labute approximate surface area is 519 Å². The zero-order valence-corrected chi connectivity index (χ0v) is 52.1. The van der Waals surface area contributed by atoms with Gasteiger partial charge in [-0.3, -0.25) is 9.59 Å². The van der Waals surface area contributed by atoms with E-state index >= 15 is 8.78 Å². The molecule has 452 valence electrons. The molecule has 25 heteroatoms. The summed E-state index contributed by atoms with van der Waals surface area (Å²) in [4.78, 5) is 48.6. The van der Waals surface area contributed by atoms with Gasteiger partial charge < -0.3 is 60.2 Å². The Morgan fingerprint density at radius 2 is 0.953 bits per heavy atom. The minimum absolute atomic E-state index is 0.0109. The van der Waals surface area contributed by atoms with E-state index in [9.17, 15) is 9.59 Å². The third-order valence-electron chi connectivity index (χ3n) is 13.9. The van der Waals surface area contributed by atoms with Crippen LogP contribution >= 0.6 is 58.0 Å². The maximum absolute atomic E-state index is 15.4. The van der Waals surface area contributed by atoms with Crippen molar-refractivity contribution < 1.29 is 37.3 Å². The zero-order valence-electron chi connectivity index (χ0n) is 48.3. The number of benzene rings is 4. The second-order valence-corrected chi connectivity index (χ2v) is 20.7. The van der Waals surface area contributed by atoms with Gasteiger partial charge in [0, 0.05) is 112 Å². The van der Waals surface area contributed by atoms with Crippen molar-refractivity contribution in [1.82, 2.24) is 29.7 Å². The van der Waals surface area contributed by atoms with E-state index in [0.717, 1.165) is 99.7 Å². The Kier molecular flexibility index (Phi) is 24.8. The van der Waals surface area contributed by atoms with Crippen molar-refractivity contribution in [2.45, 2.75) is 27.7 Å². The lowest BCUT2D eigenvalue weighted by Gasteiger charge is -2.36. The molecule has 0 saturated carbocycles. The van der Waals surface area contributed by atoms with Crippen LogP contribution in [0.3, 0.4) is 0 Å². The van der Waals surface area contributed by atoms with E-state index in [2.05, 4.69) is 88.6 Å². The predicted molar refractivity (Wildman–Crippen MR) is 343 cm³/mol. The topological polar surface area (TPSA) is 198 Å². The molecular weight excluding hydrogens is 1200 g/mol. The van der Waals surface area contributed by atoms with Crippen LogP contribution in [0.4, 0.5) is 54.8 Å². The lowest BCUT2D eigenvalue weighted by Crippen LogP contribution is -2.46. The molecule has 2 aromatic heterocycles. The molecule has 0 aliphatic carbocycles. The van der Waals surface area contributed by atoms with Gasteiger partial charge in [-0.25, -0.2) is 28.7 Å². The molecule has 4 aromatic carbocycles. The molecule has 85 heavy (non-hydrogen) atoms. The summed E-state index contributed by atoms with van der Waals surface area (Å²) in [6.45, 7) is 24.7. The second kappa shape index (κ2) is 31.6. The zero-order chi connectivity index (χ0) is 62.1. The molecule has 2 aliphatic rings. The smallest absolute Gasteiger partial charge is 0.247 e. The highest BCUT2D eigenvalue weighted by Crippen LogP contribution is 2.46. The molecule has 8 rings (SSSR count). The minimum atomic E-state index is -0.715. The van der Waals surface area contributed by atoms with Gasteiger partial charge in [-0.15, -0.1) is 0 Å². The SMILES string of the molecule is C=CC(=O)Cl.C=CC(=O)Nc1ccc(N2CCN(CC)CC2)c(C)c1Nc1ncc(/C=C(\F)c2c(Cl)c(OC)cc(OC)c2Cl)cn1.CCN1CCN(c2ccc(N)c(Nc3ncc(/C=C(\F)c4c(Cl)c(OC)cc(OC)c4Cl)cn3)c2C)CC1. The first-order valence-corrected chi connectivity index (χ1v) is 28.5. The standard InChI is InChI=1S/C30H33Cl2FN6O3.C27H31Cl2FN6O2.C3H3ClO/c1-6-25(40)36-21-8-9-22(39-12-10-38(7-2)11-13-39)18(3)29(21)37-30-34-16-19(17-35-30)14-20(33)26-27(31)23(41-4)15-24(42-5)28(26)32;1-5-35-8-10-36(11-9-35)20-7-6-19(31)26(16(20)2)34-27-32-14-17(15-33-27)12-18(30)23-24(28)21(37-3)13-22(38-4)25(23)29;1-2-3(4)5/h6,8-9,14-17H,1,7,10-13H2,2-5H3,(H,36,40)(H,34,35,37);6-7,12-15H,5,8-11,31H2,1-4H3,(H,32,33,34);2H,1H2/b20-14-;18-12-;. The van der Waals surface area contributed by atoms with Gasteiger partial charge in [0.15, 0.2) is 0 Å². The van der Waals surface area contributed by atoms with Crippen molar-refractivity contribution in [3.05, 3.63) is 140 Å². The molecule has 0 atom stereocenters. The van der Waals surface area contributed by atoms with Gasteiger partial charge in [0.2, 0.25) is 23.0 Å². The number of nitrogens with zero attached hydrogens (tertiary/aromatic N) is 8. The van der Waals surface area contributed by atoms with Gasteiger partial charge >= 0.3 is 0 Å². The molecule has 2 fully saturated rings. The Morgan fingerprint density at radius 3 is 1.29 bits per heavy atom. The molecule has 0 bridgehead atoms. The number of hydrogen-bond donors (Lipinski definition) is 4. The van der Waals surface area contributed by atoms with E-state index in [1.165, 1.54) is 83.6 Å². The summed E-state index contributed by atoms with van der Waals surface area (Å²) in [7, 11) is 5.68. The summed E-state index contributed by atoms with van der Waals surface area (Å²) >= 11 is 30.1. The lowest BCUT2D eigenvalue weighted by atomic mass is 10.1. The van der Waals surface area contributed by atoms with Gasteiger partial charge in [0.05, 0.1) is 82.4 Å². The number of aromatic nitrogens is 4. The number of anilines is 8. The summed E-state index contributed by atoms with van der Waals surface area (Å²) in [6.07, 6.45) is 10.6. The van der Waals surface area contributed by atoms with Gasteiger partial charge in [-0.05, 0) is 98.2 Å². The monoisotopic (exact) mass is 1260 g/mol. The summed E-state index contributed by atoms with van der Waals surface area (Å²) in [5.41, 5.74) is 13.6. The molecule has 1 amide bonds. The first kappa shape index (κ1) is 66.7. The second-order valence-electron chi connectivity index (χ2n) is 18.8. The Balaban J connectivity index is 0.000000253. The highest BCUT2D eigenvalue weighted by atomic mass is 35.5. The number of halogens is 7. The van der Waals surface area contributed by atoms with E-state index in [1.54, 1.807) is 0 Å². The average Bonchev–Trinajstić information content (AvgIpc) is 3.54. The van der Waals surface area contributed by atoms with Crippen LogP contribution in [-0.4, -0.2) is 135 Å². The first-order chi connectivity index (χ1) is 40.7. The molecule has 18 nitrogen and oxygen atoms in total. The number of nitrogen functional groups attached to an aromatic ring is 1. The molecule has 2 aliphatic heterocycles. The van der Waals surface area contributed by atoms with Crippen molar-refractivity contribution >= 4 is 139 Å². The van der Waals surface area contributed by atoms with Crippen molar-refractivity contribution in [2.24, 2.45) is 0 Å². The van der Waals surface area contributed by atoms with Crippen molar-refractivity contribution in [2.75, 3.05) is 125 Å². The minimum Gasteiger partial charge on any atom is -0.495 e.